The molecule has 1 heterocycles. The van der Waals surface area contributed by atoms with Crippen LogP contribution >= 0.6 is 11.8 Å². The van der Waals surface area contributed by atoms with Crippen LogP contribution in [-0.2, 0) is 6.42 Å². The lowest BCUT2D eigenvalue weighted by atomic mass is 10.2. The summed E-state index contributed by atoms with van der Waals surface area (Å²) < 4.78 is 2.05. The molecule has 0 saturated carbocycles. The van der Waals surface area contributed by atoms with E-state index in [4.69, 9.17) is 0 Å². The summed E-state index contributed by atoms with van der Waals surface area (Å²) in [5.41, 5.74) is 0. The summed E-state index contributed by atoms with van der Waals surface area (Å²) in [7, 11) is 0. The fourth-order valence-electron chi connectivity index (χ4n) is 1.47. The van der Waals surface area contributed by atoms with Gasteiger partial charge in [0.15, 0.2) is 0 Å². The number of thioether (sulfide) groups is 1. The van der Waals surface area contributed by atoms with E-state index in [-0.39, 0.29) is 16.9 Å². The van der Waals surface area contributed by atoms with E-state index < -0.39 is 0 Å². The second-order valence-corrected chi connectivity index (χ2v) is 7.34. The molecule has 1 atom stereocenters. The topological polar surface area (TPSA) is 50.9 Å². The van der Waals surface area contributed by atoms with Gasteiger partial charge >= 0.3 is 0 Å². The largest absolute Gasteiger partial charge is 0.392 e. The average molecular weight is 257 g/mol. The molecule has 0 fully saturated rings. The molecular formula is C12H23N3OS. The van der Waals surface area contributed by atoms with Crippen LogP contribution in [0.25, 0.3) is 0 Å². The van der Waals surface area contributed by atoms with Gasteiger partial charge in [-0.1, -0.05) is 20.8 Å². The predicted molar refractivity (Wildman–Crippen MR) is 72.3 cm³/mol. The van der Waals surface area contributed by atoms with Crippen molar-refractivity contribution < 1.29 is 5.11 Å². The third-order valence-electron chi connectivity index (χ3n) is 2.26. The first-order chi connectivity index (χ1) is 7.79. The minimum Gasteiger partial charge on any atom is -0.392 e. The van der Waals surface area contributed by atoms with E-state index >= 15 is 0 Å². The van der Waals surface area contributed by atoms with Crippen molar-refractivity contribution >= 4 is 11.8 Å². The van der Waals surface area contributed by atoms with Crippen molar-refractivity contribution in [2.24, 2.45) is 0 Å². The first-order valence-corrected chi connectivity index (χ1v) is 6.98. The highest BCUT2D eigenvalue weighted by molar-refractivity contribution is 8.00. The molecule has 4 nitrogen and oxygen atoms in total. The van der Waals surface area contributed by atoms with E-state index in [1.165, 1.54) is 0 Å². The van der Waals surface area contributed by atoms with Crippen LogP contribution in [-0.4, -0.2) is 36.5 Å². The van der Waals surface area contributed by atoms with Gasteiger partial charge in [-0.3, -0.25) is 0 Å². The van der Waals surface area contributed by atoms with Gasteiger partial charge in [-0.2, -0.15) is 16.9 Å². The molecular weight excluding hydrogens is 234 g/mol. The molecule has 1 N–H and O–H groups in total. The third-order valence-corrected chi connectivity index (χ3v) is 3.68. The first-order valence-electron chi connectivity index (χ1n) is 6.00. The second-order valence-electron chi connectivity index (χ2n) is 5.50. The van der Waals surface area contributed by atoms with Crippen LogP contribution in [0.15, 0.2) is 6.33 Å². The Hall–Kier alpha value is -0.550. The minimum absolute atomic E-state index is 0.187. The lowest BCUT2D eigenvalue weighted by Crippen LogP contribution is -2.21. The van der Waals surface area contributed by atoms with Crippen LogP contribution in [0.1, 0.15) is 46.5 Å². The zero-order valence-corrected chi connectivity index (χ0v) is 12.2. The van der Waals surface area contributed by atoms with Gasteiger partial charge in [-0.05, 0) is 13.8 Å². The monoisotopic (exact) mass is 257 g/mol. The Morgan fingerprint density at radius 1 is 1.41 bits per heavy atom. The molecule has 0 aliphatic heterocycles. The normalized spacial score (nSPS) is 14.3. The Labute approximate surface area is 108 Å². The molecule has 0 bridgehead atoms. The van der Waals surface area contributed by atoms with Gasteiger partial charge in [-0.25, -0.2) is 9.67 Å². The number of hydrogen-bond acceptors (Lipinski definition) is 4. The van der Waals surface area contributed by atoms with Crippen molar-refractivity contribution in [1.82, 2.24) is 14.8 Å². The lowest BCUT2D eigenvalue weighted by Gasteiger charge is -2.20. The second kappa shape index (κ2) is 5.87. The van der Waals surface area contributed by atoms with E-state index in [0.29, 0.717) is 6.42 Å². The molecule has 1 unspecified atom stereocenters. The Morgan fingerprint density at radius 2 is 2.06 bits per heavy atom. The Bertz CT molecular complexity index is 344. The summed E-state index contributed by atoms with van der Waals surface area (Å²) in [6, 6.07) is 0.287. The molecule has 0 amide bonds. The Kier molecular flexibility index (Phi) is 5.01. The van der Waals surface area contributed by atoms with Crippen LogP contribution in [0.2, 0.25) is 0 Å². The van der Waals surface area contributed by atoms with Crippen molar-refractivity contribution in [3.63, 3.8) is 0 Å². The molecule has 0 radical (unpaired) electrons. The van der Waals surface area contributed by atoms with Crippen LogP contribution < -0.4 is 0 Å². The molecule has 0 aliphatic rings. The van der Waals surface area contributed by atoms with Gasteiger partial charge in [0.2, 0.25) is 0 Å². The SMILES string of the molecule is CC(C)n1ncnc1CC(O)CSC(C)(C)C. The Balaban J connectivity index is 2.50. The van der Waals surface area contributed by atoms with Gasteiger partial charge in [0.25, 0.3) is 0 Å². The standard InChI is InChI=1S/C12H23N3OS/c1-9(2)15-11(13-8-14-15)6-10(16)7-17-12(3,4)5/h8-10,16H,6-7H2,1-5H3. The smallest absolute Gasteiger partial charge is 0.138 e. The van der Waals surface area contributed by atoms with Gasteiger partial charge in [0.05, 0.1) is 6.10 Å². The number of aliphatic hydroxyl groups is 1. The molecule has 1 aromatic heterocycles. The van der Waals surface area contributed by atoms with Crippen LogP contribution in [0, 0.1) is 0 Å². The minimum atomic E-state index is -0.360. The van der Waals surface area contributed by atoms with Crippen LogP contribution in [0.4, 0.5) is 0 Å². The maximum Gasteiger partial charge on any atom is 0.138 e. The highest BCUT2D eigenvalue weighted by Crippen LogP contribution is 2.24. The summed E-state index contributed by atoms with van der Waals surface area (Å²) in [5.74, 6) is 1.59. The lowest BCUT2D eigenvalue weighted by molar-refractivity contribution is 0.194. The number of aromatic nitrogens is 3. The number of aliphatic hydroxyl groups excluding tert-OH is 1. The zero-order chi connectivity index (χ0) is 13.1. The highest BCUT2D eigenvalue weighted by atomic mass is 32.2. The van der Waals surface area contributed by atoms with Crippen molar-refractivity contribution in [3.8, 4) is 0 Å². The molecule has 0 aromatic carbocycles. The highest BCUT2D eigenvalue weighted by Gasteiger charge is 2.17. The van der Waals surface area contributed by atoms with Gasteiger partial charge < -0.3 is 5.11 Å². The van der Waals surface area contributed by atoms with Gasteiger partial charge in [0, 0.05) is 23.0 Å². The average Bonchev–Trinajstić information content (AvgIpc) is 2.62. The fourth-order valence-corrected chi connectivity index (χ4v) is 2.28. The van der Waals surface area contributed by atoms with Crippen LogP contribution in [0.3, 0.4) is 0 Å². The molecule has 5 heteroatoms. The molecule has 17 heavy (non-hydrogen) atoms. The predicted octanol–water partition coefficient (Wildman–Crippen LogP) is 2.29. The van der Waals surface area contributed by atoms with Crippen LogP contribution in [0.5, 0.6) is 0 Å². The van der Waals surface area contributed by atoms with E-state index in [1.807, 2.05) is 4.68 Å². The summed E-state index contributed by atoms with van der Waals surface area (Å²) in [6.07, 6.45) is 1.76. The molecule has 98 valence electrons. The van der Waals surface area contributed by atoms with Gasteiger partial charge in [0.1, 0.15) is 12.2 Å². The number of rotatable bonds is 5. The zero-order valence-electron chi connectivity index (χ0n) is 11.3. The van der Waals surface area contributed by atoms with Crippen molar-refractivity contribution in [3.05, 3.63) is 12.2 Å². The third kappa shape index (κ3) is 5.08. The van der Waals surface area contributed by atoms with Crippen molar-refractivity contribution in [2.75, 3.05) is 5.75 Å². The molecule has 1 rings (SSSR count). The van der Waals surface area contributed by atoms with E-state index in [1.54, 1.807) is 18.1 Å². The van der Waals surface area contributed by atoms with E-state index in [2.05, 4.69) is 44.7 Å². The number of hydrogen-bond donors (Lipinski definition) is 1. The maximum atomic E-state index is 9.99. The molecule has 0 spiro atoms. The summed E-state index contributed by atoms with van der Waals surface area (Å²) >= 11 is 1.77. The summed E-state index contributed by atoms with van der Waals surface area (Å²) in [5, 5.41) is 14.2. The quantitative estimate of drug-likeness (QED) is 0.879. The summed E-state index contributed by atoms with van der Waals surface area (Å²) in [6.45, 7) is 10.6. The van der Waals surface area contributed by atoms with Crippen molar-refractivity contribution in [2.45, 2.75) is 57.9 Å². The Morgan fingerprint density at radius 3 is 2.59 bits per heavy atom. The van der Waals surface area contributed by atoms with E-state index in [9.17, 15) is 5.11 Å². The number of nitrogens with zero attached hydrogens (tertiary/aromatic N) is 3. The maximum absolute atomic E-state index is 9.99. The molecule has 0 aliphatic carbocycles. The fraction of sp³-hybridized carbons (Fsp3) is 0.833. The first kappa shape index (κ1) is 14.5. The molecule has 1 aromatic rings. The van der Waals surface area contributed by atoms with Crippen molar-refractivity contribution in [1.29, 1.82) is 0 Å². The molecule has 0 saturated heterocycles. The van der Waals surface area contributed by atoms with Gasteiger partial charge in [-0.15, -0.1) is 0 Å². The van der Waals surface area contributed by atoms with E-state index in [0.717, 1.165) is 11.6 Å². The summed E-state index contributed by atoms with van der Waals surface area (Å²) in [4.78, 5) is 4.20.